The molecule has 3 nitrogen and oxygen atoms in total. The summed E-state index contributed by atoms with van der Waals surface area (Å²) in [5.74, 6) is 0. The zero-order chi connectivity index (χ0) is 18.7. The van der Waals surface area contributed by atoms with Crippen LogP contribution in [0.4, 0.5) is 0 Å². The van der Waals surface area contributed by atoms with Gasteiger partial charge in [-0.15, -0.1) is 0 Å². The molecule has 5 N–H and O–H groups in total. The van der Waals surface area contributed by atoms with Gasteiger partial charge in [-0.3, -0.25) is 0 Å². The van der Waals surface area contributed by atoms with Gasteiger partial charge in [-0.1, -0.05) is 0 Å². The van der Waals surface area contributed by atoms with E-state index in [0.717, 1.165) is 12.8 Å². The quantitative estimate of drug-likeness (QED) is 0.740. The number of hydrogen-bond donors (Lipinski definition) is 3. The minimum atomic E-state index is 0.144. The number of hydrogen-bond acceptors (Lipinski definition) is 0. The Morgan fingerprint density at radius 1 is 0.760 bits per heavy atom. The highest BCUT2D eigenvalue weighted by atomic mass is 15.0. The van der Waals surface area contributed by atoms with Gasteiger partial charge in [0.15, 0.2) is 0 Å². The number of nitrogens with one attached hydrogen (secondary N) is 1. The second-order valence-corrected chi connectivity index (χ2v) is 10.9. The van der Waals surface area contributed by atoms with Crippen molar-refractivity contribution >= 4 is 11.1 Å². The zero-order valence-corrected chi connectivity index (χ0v) is 17.4. The van der Waals surface area contributed by atoms with Gasteiger partial charge in [-0.05, 0) is 90.3 Å². The van der Waals surface area contributed by atoms with Gasteiger partial charge < -0.3 is 15.6 Å². The summed E-state index contributed by atoms with van der Waals surface area (Å²) in [6.45, 7) is 18.6. The third-order valence-corrected chi connectivity index (χ3v) is 5.31. The summed E-state index contributed by atoms with van der Waals surface area (Å²) in [5, 5.41) is 4.97. The van der Waals surface area contributed by atoms with E-state index in [1.54, 1.807) is 0 Å². The average Bonchev–Trinajstić information content (AvgIpc) is 2.80. The topological polar surface area (TPSA) is 49.0 Å². The van der Waals surface area contributed by atoms with Crippen molar-refractivity contribution in [2.24, 2.45) is 0 Å². The number of quaternary nitrogens is 2. The highest BCUT2D eigenvalue weighted by molar-refractivity contribution is 5.73. The Morgan fingerprint density at radius 3 is 1.76 bits per heavy atom. The molecule has 2 aliphatic rings. The third-order valence-electron chi connectivity index (χ3n) is 5.31. The molecule has 25 heavy (non-hydrogen) atoms. The SMILES string of the molecule is CC1(C)C=C(c2c[nH]c(C3=CC(C)(C)[NH2+]C(C)(C)C3)c2)CC(C)(C)[NH2+]1. The van der Waals surface area contributed by atoms with Crippen LogP contribution in [0.15, 0.2) is 24.4 Å². The van der Waals surface area contributed by atoms with Crippen LogP contribution in [0, 0.1) is 0 Å². The van der Waals surface area contributed by atoms with Gasteiger partial charge in [0.1, 0.15) is 11.1 Å². The Kier molecular flexibility index (Phi) is 4.13. The second kappa shape index (κ2) is 5.59. The van der Waals surface area contributed by atoms with Crippen molar-refractivity contribution < 1.29 is 10.6 Å². The van der Waals surface area contributed by atoms with Crippen LogP contribution in [0.1, 0.15) is 79.5 Å². The summed E-state index contributed by atoms with van der Waals surface area (Å²) in [6.07, 6.45) is 9.29. The number of aromatic nitrogens is 1. The Bertz CT molecular complexity index is 666. The second-order valence-electron chi connectivity index (χ2n) is 10.9. The van der Waals surface area contributed by atoms with Gasteiger partial charge in [-0.25, -0.2) is 0 Å². The largest absolute Gasteiger partial charge is 0.361 e. The first kappa shape index (κ1) is 18.5. The summed E-state index contributed by atoms with van der Waals surface area (Å²) in [6, 6.07) is 2.37. The molecule has 0 fully saturated rings. The summed E-state index contributed by atoms with van der Waals surface area (Å²) in [4.78, 5) is 3.57. The van der Waals surface area contributed by atoms with Gasteiger partial charge in [0.2, 0.25) is 0 Å². The lowest BCUT2D eigenvalue weighted by Crippen LogP contribution is -3.04. The molecule has 0 saturated carbocycles. The van der Waals surface area contributed by atoms with E-state index in [2.05, 4.69) is 95.4 Å². The number of aromatic amines is 1. The van der Waals surface area contributed by atoms with E-state index >= 15 is 0 Å². The molecule has 3 heteroatoms. The van der Waals surface area contributed by atoms with Crippen LogP contribution < -0.4 is 10.6 Å². The molecule has 0 amide bonds. The standard InChI is InChI=1S/C22H35N3/c1-19(2)10-16(11-20(3,4)24-19)15-9-18(23-14-15)17-12-21(5,6)25-22(7,8)13-17/h9-10,12,14,23-25H,11,13H2,1-8H3/p+2. The first-order valence-electron chi connectivity index (χ1n) is 9.63. The molecule has 3 heterocycles. The zero-order valence-electron chi connectivity index (χ0n) is 17.4. The smallest absolute Gasteiger partial charge is 0.110 e. The highest BCUT2D eigenvalue weighted by Gasteiger charge is 2.38. The van der Waals surface area contributed by atoms with Crippen LogP contribution in [0.3, 0.4) is 0 Å². The molecule has 0 radical (unpaired) electrons. The molecule has 2 aliphatic heterocycles. The van der Waals surface area contributed by atoms with Gasteiger partial charge in [0.05, 0.1) is 11.1 Å². The van der Waals surface area contributed by atoms with Crippen molar-refractivity contribution in [1.82, 2.24) is 4.98 Å². The van der Waals surface area contributed by atoms with E-state index in [-0.39, 0.29) is 22.2 Å². The molecule has 1 aromatic rings. The molecule has 1 aromatic heterocycles. The van der Waals surface area contributed by atoms with Crippen molar-refractivity contribution in [3.63, 3.8) is 0 Å². The minimum absolute atomic E-state index is 0.144. The fraction of sp³-hybridized carbons (Fsp3) is 0.636. The first-order chi connectivity index (χ1) is 11.3. The molecule has 0 atom stereocenters. The van der Waals surface area contributed by atoms with Crippen molar-refractivity contribution in [1.29, 1.82) is 0 Å². The van der Waals surface area contributed by atoms with Crippen LogP contribution in [0.25, 0.3) is 11.1 Å². The van der Waals surface area contributed by atoms with Gasteiger partial charge in [-0.2, -0.15) is 0 Å². The molecule has 0 aromatic carbocycles. The minimum Gasteiger partial charge on any atom is -0.361 e. The number of nitrogens with two attached hydrogens (primary N) is 2. The summed E-state index contributed by atoms with van der Waals surface area (Å²) < 4.78 is 0. The fourth-order valence-corrected chi connectivity index (χ4v) is 5.30. The molecule has 138 valence electrons. The van der Waals surface area contributed by atoms with Crippen LogP contribution in [-0.4, -0.2) is 27.1 Å². The maximum absolute atomic E-state index is 3.57. The van der Waals surface area contributed by atoms with E-state index < -0.39 is 0 Å². The Morgan fingerprint density at radius 2 is 1.24 bits per heavy atom. The summed E-state index contributed by atoms with van der Waals surface area (Å²) >= 11 is 0. The molecule has 0 aliphatic carbocycles. The van der Waals surface area contributed by atoms with E-state index in [1.807, 2.05) is 0 Å². The van der Waals surface area contributed by atoms with E-state index in [9.17, 15) is 0 Å². The maximum atomic E-state index is 3.57. The Hall–Kier alpha value is -1.32. The van der Waals surface area contributed by atoms with Crippen LogP contribution in [-0.2, 0) is 0 Å². The number of H-pyrrole nitrogens is 1. The molecule has 0 spiro atoms. The predicted molar refractivity (Wildman–Crippen MR) is 106 cm³/mol. The van der Waals surface area contributed by atoms with E-state index in [1.165, 1.54) is 22.4 Å². The summed E-state index contributed by atoms with van der Waals surface area (Å²) in [7, 11) is 0. The van der Waals surface area contributed by atoms with E-state index in [4.69, 9.17) is 0 Å². The van der Waals surface area contributed by atoms with Crippen molar-refractivity contribution in [3.05, 3.63) is 35.7 Å². The highest BCUT2D eigenvalue weighted by Crippen LogP contribution is 2.33. The predicted octanol–water partition coefficient (Wildman–Crippen LogP) is 2.83. The Labute approximate surface area is 153 Å². The van der Waals surface area contributed by atoms with Gasteiger partial charge in [0.25, 0.3) is 0 Å². The molecule has 0 saturated heterocycles. The van der Waals surface area contributed by atoms with Crippen molar-refractivity contribution in [2.75, 3.05) is 0 Å². The normalized spacial score (nSPS) is 26.7. The van der Waals surface area contributed by atoms with E-state index in [0.29, 0.717) is 0 Å². The maximum Gasteiger partial charge on any atom is 0.110 e. The van der Waals surface area contributed by atoms with Crippen LogP contribution in [0.2, 0.25) is 0 Å². The summed E-state index contributed by atoms with van der Waals surface area (Å²) in [5.41, 5.74) is 6.34. The fourth-order valence-electron chi connectivity index (χ4n) is 5.30. The molecule has 0 unspecified atom stereocenters. The van der Waals surface area contributed by atoms with Crippen molar-refractivity contribution in [2.45, 2.75) is 90.4 Å². The lowest BCUT2D eigenvalue weighted by atomic mass is 9.81. The number of rotatable bonds is 2. The van der Waals surface area contributed by atoms with Gasteiger partial charge >= 0.3 is 0 Å². The molecule has 0 bridgehead atoms. The molecule has 3 rings (SSSR count). The third kappa shape index (κ3) is 4.27. The first-order valence-corrected chi connectivity index (χ1v) is 9.63. The van der Waals surface area contributed by atoms with Crippen molar-refractivity contribution in [3.8, 4) is 0 Å². The van der Waals surface area contributed by atoms with Gasteiger partial charge in [0, 0.05) is 24.7 Å². The lowest BCUT2D eigenvalue weighted by molar-refractivity contribution is -0.770. The van der Waals surface area contributed by atoms with Crippen LogP contribution >= 0.6 is 0 Å². The monoisotopic (exact) mass is 343 g/mol. The lowest BCUT2D eigenvalue weighted by Gasteiger charge is -2.37. The molecular formula is C22H37N3+2. The average molecular weight is 344 g/mol. The molecular weight excluding hydrogens is 306 g/mol. The Balaban J connectivity index is 1.93. The van der Waals surface area contributed by atoms with Crippen LogP contribution in [0.5, 0.6) is 0 Å².